The maximum absolute atomic E-state index is 13.0. The van der Waals surface area contributed by atoms with Crippen molar-refractivity contribution in [2.75, 3.05) is 0 Å². The molecule has 0 spiro atoms. The van der Waals surface area contributed by atoms with E-state index in [0.717, 1.165) is 6.20 Å². The lowest BCUT2D eigenvalue weighted by molar-refractivity contribution is 0.622. The molecule has 1 aromatic heterocycles. The first-order valence-electron chi connectivity index (χ1n) is 4.34. The highest BCUT2D eigenvalue weighted by Crippen LogP contribution is 2.37. The maximum Gasteiger partial charge on any atom is 0.142 e. The van der Waals surface area contributed by atoms with E-state index in [1.165, 1.54) is 12.3 Å². The zero-order chi connectivity index (χ0) is 11.7. The van der Waals surface area contributed by atoms with Crippen LogP contribution in [0.5, 0.6) is 0 Å². The highest BCUT2D eigenvalue weighted by Gasteiger charge is 2.10. The van der Waals surface area contributed by atoms with E-state index in [9.17, 15) is 4.39 Å². The highest BCUT2D eigenvalue weighted by molar-refractivity contribution is 6.49. The first-order chi connectivity index (χ1) is 7.59. The molecule has 1 aromatic carbocycles. The van der Waals surface area contributed by atoms with Crippen molar-refractivity contribution in [2.24, 2.45) is 0 Å². The van der Waals surface area contributed by atoms with Crippen LogP contribution in [0.4, 0.5) is 4.39 Å². The smallest absolute Gasteiger partial charge is 0.142 e. The molecule has 0 amide bonds. The third kappa shape index (κ3) is 2.14. The largest absolute Gasteiger partial charge is 0.261 e. The van der Waals surface area contributed by atoms with Crippen LogP contribution >= 0.6 is 34.8 Å². The van der Waals surface area contributed by atoms with E-state index in [2.05, 4.69) is 4.98 Å². The van der Waals surface area contributed by atoms with E-state index in [1.54, 1.807) is 12.1 Å². The van der Waals surface area contributed by atoms with E-state index in [-0.39, 0.29) is 5.02 Å². The number of aromatic nitrogens is 1. The van der Waals surface area contributed by atoms with E-state index in [1.807, 2.05) is 0 Å². The second kappa shape index (κ2) is 4.58. The molecule has 0 saturated heterocycles. The Kier molecular flexibility index (Phi) is 3.33. The standard InChI is InChI=1S/C11H5Cl3FN/c12-9-2-1-8(10(13)11(9)14)6-3-7(15)5-16-4-6/h1-5H. The minimum absolute atomic E-state index is 0.255. The monoisotopic (exact) mass is 275 g/mol. The van der Waals surface area contributed by atoms with Gasteiger partial charge in [0.05, 0.1) is 21.3 Å². The second-order valence-corrected chi connectivity index (χ2v) is 4.28. The quantitative estimate of drug-likeness (QED) is 0.679. The number of pyridine rings is 1. The van der Waals surface area contributed by atoms with E-state index in [4.69, 9.17) is 34.8 Å². The normalized spacial score (nSPS) is 10.5. The van der Waals surface area contributed by atoms with Crippen molar-refractivity contribution >= 4 is 34.8 Å². The summed E-state index contributed by atoms with van der Waals surface area (Å²) in [4.78, 5) is 3.74. The molecule has 82 valence electrons. The molecule has 2 rings (SSSR count). The van der Waals surface area contributed by atoms with Crippen LogP contribution in [-0.4, -0.2) is 4.98 Å². The van der Waals surface area contributed by atoms with Crippen LogP contribution < -0.4 is 0 Å². The summed E-state index contributed by atoms with van der Waals surface area (Å²) in [6.45, 7) is 0. The van der Waals surface area contributed by atoms with Crippen LogP contribution in [0.15, 0.2) is 30.6 Å². The molecule has 0 bridgehead atoms. The maximum atomic E-state index is 13.0. The number of rotatable bonds is 1. The molecule has 16 heavy (non-hydrogen) atoms. The Hall–Kier alpha value is -0.830. The molecule has 0 atom stereocenters. The van der Waals surface area contributed by atoms with Crippen molar-refractivity contribution in [1.29, 1.82) is 0 Å². The summed E-state index contributed by atoms with van der Waals surface area (Å²) in [6.07, 6.45) is 2.63. The Morgan fingerprint density at radius 3 is 2.44 bits per heavy atom. The average molecular weight is 277 g/mol. The predicted octanol–water partition coefficient (Wildman–Crippen LogP) is 4.85. The van der Waals surface area contributed by atoms with Gasteiger partial charge in [-0.15, -0.1) is 0 Å². The summed E-state index contributed by atoms with van der Waals surface area (Å²) in [5.41, 5.74) is 1.16. The summed E-state index contributed by atoms with van der Waals surface area (Å²) < 4.78 is 13.0. The van der Waals surface area contributed by atoms with Gasteiger partial charge < -0.3 is 0 Å². The topological polar surface area (TPSA) is 12.9 Å². The number of benzene rings is 1. The van der Waals surface area contributed by atoms with Gasteiger partial charge in [0.1, 0.15) is 5.82 Å². The molecule has 0 N–H and O–H groups in total. The van der Waals surface area contributed by atoms with Crippen molar-refractivity contribution in [3.8, 4) is 11.1 Å². The van der Waals surface area contributed by atoms with Gasteiger partial charge in [0, 0.05) is 17.3 Å². The van der Waals surface area contributed by atoms with Crippen LogP contribution in [0.3, 0.4) is 0 Å². The second-order valence-electron chi connectivity index (χ2n) is 3.11. The lowest BCUT2D eigenvalue weighted by Crippen LogP contribution is -1.85. The van der Waals surface area contributed by atoms with Gasteiger partial charge in [0.25, 0.3) is 0 Å². The van der Waals surface area contributed by atoms with Gasteiger partial charge in [0.2, 0.25) is 0 Å². The molecule has 0 aliphatic rings. The third-order valence-corrected chi connectivity index (χ3v) is 3.34. The predicted molar refractivity (Wildman–Crippen MR) is 64.7 cm³/mol. The summed E-state index contributed by atoms with van der Waals surface area (Å²) in [7, 11) is 0. The van der Waals surface area contributed by atoms with Gasteiger partial charge in [-0.2, -0.15) is 0 Å². The van der Waals surface area contributed by atoms with Crippen molar-refractivity contribution < 1.29 is 4.39 Å². The molecule has 2 aromatic rings. The molecule has 0 radical (unpaired) electrons. The van der Waals surface area contributed by atoms with Gasteiger partial charge in [-0.1, -0.05) is 40.9 Å². The Morgan fingerprint density at radius 1 is 1.00 bits per heavy atom. The SMILES string of the molecule is Fc1cncc(-c2ccc(Cl)c(Cl)c2Cl)c1. The molecule has 0 aliphatic heterocycles. The molecule has 5 heteroatoms. The number of hydrogen-bond donors (Lipinski definition) is 0. The number of nitrogens with zero attached hydrogens (tertiary/aromatic N) is 1. The fourth-order valence-electron chi connectivity index (χ4n) is 1.31. The molecule has 0 saturated carbocycles. The zero-order valence-electron chi connectivity index (χ0n) is 7.85. The molecule has 0 aliphatic carbocycles. The lowest BCUT2D eigenvalue weighted by atomic mass is 10.1. The molecular formula is C11H5Cl3FN. The Labute approximate surface area is 107 Å². The number of hydrogen-bond acceptors (Lipinski definition) is 1. The summed E-state index contributed by atoms with van der Waals surface area (Å²) in [5.74, 6) is -0.431. The van der Waals surface area contributed by atoms with Crippen LogP contribution in [0.25, 0.3) is 11.1 Å². The lowest BCUT2D eigenvalue weighted by Gasteiger charge is -2.06. The van der Waals surface area contributed by atoms with Gasteiger partial charge in [-0.3, -0.25) is 4.98 Å². The van der Waals surface area contributed by atoms with E-state index in [0.29, 0.717) is 21.2 Å². The molecule has 1 nitrogen and oxygen atoms in total. The average Bonchev–Trinajstić information content (AvgIpc) is 2.26. The van der Waals surface area contributed by atoms with E-state index < -0.39 is 5.82 Å². The van der Waals surface area contributed by atoms with E-state index >= 15 is 0 Å². The van der Waals surface area contributed by atoms with Crippen molar-refractivity contribution in [3.63, 3.8) is 0 Å². The number of halogens is 4. The highest BCUT2D eigenvalue weighted by atomic mass is 35.5. The van der Waals surface area contributed by atoms with Gasteiger partial charge in [-0.25, -0.2) is 4.39 Å². The van der Waals surface area contributed by atoms with Gasteiger partial charge in [-0.05, 0) is 12.1 Å². The first kappa shape index (κ1) is 11.6. The van der Waals surface area contributed by atoms with Gasteiger partial charge in [0.15, 0.2) is 0 Å². The molecule has 1 heterocycles. The van der Waals surface area contributed by atoms with Crippen LogP contribution in [0, 0.1) is 5.82 Å². The minimum Gasteiger partial charge on any atom is -0.261 e. The molecule has 0 fully saturated rings. The van der Waals surface area contributed by atoms with Crippen LogP contribution in [0.1, 0.15) is 0 Å². The first-order valence-corrected chi connectivity index (χ1v) is 5.47. The van der Waals surface area contributed by atoms with Crippen molar-refractivity contribution in [3.05, 3.63) is 51.5 Å². The zero-order valence-corrected chi connectivity index (χ0v) is 10.1. The van der Waals surface area contributed by atoms with Gasteiger partial charge >= 0.3 is 0 Å². The van der Waals surface area contributed by atoms with Crippen LogP contribution in [-0.2, 0) is 0 Å². The fourth-order valence-corrected chi connectivity index (χ4v) is 1.95. The third-order valence-electron chi connectivity index (χ3n) is 2.05. The summed E-state index contributed by atoms with van der Waals surface area (Å²) >= 11 is 17.7. The molecular weight excluding hydrogens is 271 g/mol. The summed E-state index contributed by atoms with van der Waals surface area (Å²) in [5, 5.41) is 0.909. The van der Waals surface area contributed by atoms with Crippen molar-refractivity contribution in [2.45, 2.75) is 0 Å². The Balaban J connectivity index is 2.61. The Morgan fingerprint density at radius 2 is 1.75 bits per heavy atom. The molecule has 0 unspecified atom stereocenters. The minimum atomic E-state index is -0.431. The summed E-state index contributed by atoms with van der Waals surface area (Å²) in [6, 6.07) is 4.61. The fraction of sp³-hybridized carbons (Fsp3) is 0. The van der Waals surface area contributed by atoms with Crippen molar-refractivity contribution in [1.82, 2.24) is 4.98 Å². The van der Waals surface area contributed by atoms with Crippen LogP contribution in [0.2, 0.25) is 15.1 Å². The Bertz CT molecular complexity index is 543.